The molecular weight excluding hydrogens is 380 g/mol. The lowest BCUT2D eigenvalue weighted by molar-refractivity contribution is 0.365. The number of hydrogen-bond donors (Lipinski definition) is 2. The number of nitrogens with zero attached hydrogens (tertiary/aromatic N) is 1. The lowest BCUT2D eigenvalue weighted by atomic mass is 10.0. The number of H-pyrrole nitrogens is 1. The molecule has 152 valence electrons. The first-order chi connectivity index (χ1) is 14.5. The zero-order valence-electron chi connectivity index (χ0n) is 17.0. The number of para-hydroxylation sites is 2. The lowest BCUT2D eigenvalue weighted by Crippen LogP contribution is -2.09. The minimum absolute atomic E-state index is 0.171. The highest BCUT2D eigenvalue weighted by molar-refractivity contribution is 5.90. The fourth-order valence-corrected chi connectivity index (χ4v) is 3.30. The van der Waals surface area contributed by atoms with Gasteiger partial charge in [0.2, 0.25) is 5.75 Å². The van der Waals surface area contributed by atoms with Crippen molar-refractivity contribution in [2.24, 2.45) is 0 Å². The number of hydrogen-bond acceptors (Lipinski definition) is 5. The maximum atomic E-state index is 12.6. The number of fused-ring (bicyclic) bond motifs is 1. The van der Waals surface area contributed by atoms with Crippen LogP contribution in [0.15, 0.2) is 71.5 Å². The summed E-state index contributed by atoms with van der Waals surface area (Å²) in [7, 11) is 5.49. The van der Waals surface area contributed by atoms with Crippen LogP contribution in [0.4, 0.5) is 5.69 Å². The molecule has 0 unspecified atom stereocenters. The van der Waals surface area contributed by atoms with Gasteiger partial charge >= 0.3 is 0 Å². The molecule has 6 heteroatoms. The monoisotopic (exact) mass is 402 g/mol. The molecule has 0 amide bonds. The molecule has 4 aromatic rings. The van der Waals surface area contributed by atoms with Crippen molar-refractivity contribution in [1.29, 1.82) is 0 Å². The van der Waals surface area contributed by atoms with E-state index in [1.165, 1.54) is 7.11 Å². The zero-order valence-corrected chi connectivity index (χ0v) is 17.0. The quantitative estimate of drug-likeness (QED) is 0.503. The Morgan fingerprint density at radius 1 is 0.900 bits per heavy atom. The smallest absolute Gasteiger partial charge is 0.295 e. The zero-order chi connectivity index (χ0) is 21.3. The number of aromatic nitrogens is 1. The van der Waals surface area contributed by atoms with Crippen molar-refractivity contribution in [3.05, 3.63) is 77.1 Å². The molecule has 0 aliphatic heterocycles. The van der Waals surface area contributed by atoms with E-state index in [0.717, 1.165) is 16.8 Å². The third kappa shape index (κ3) is 3.55. The molecule has 0 bridgehead atoms. The van der Waals surface area contributed by atoms with Crippen LogP contribution in [-0.2, 0) is 0 Å². The molecule has 4 rings (SSSR count). The standard InChI is InChI=1S/C24H22N2O4/c1-26(2)17-11-8-15(9-12-17)16-10-13-18-19(14-16)25-24(28)23(22(18)27)30-21-7-5-4-6-20(21)29-3/h4-14H,1-3H3,(H2,25,27,28). The average molecular weight is 402 g/mol. The van der Waals surface area contributed by atoms with Crippen LogP contribution in [0.25, 0.3) is 22.0 Å². The van der Waals surface area contributed by atoms with Crippen LogP contribution in [0.3, 0.4) is 0 Å². The van der Waals surface area contributed by atoms with Gasteiger partial charge in [0, 0.05) is 25.2 Å². The normalized spacial score (nSPS) is 10.8. The molecule has 0 aliphatic rings. The van der Waals surface area contributed by atoms with E-state index in [4.69, 9.17) is 9.47 Å². The summed E-state index contributed by atoms with van der Waals surface area (Å²) < 4.78 is 10.9. The van der Waals surface area contributed by atoms with Crippen LogP contribution in [0.1, 0.15) is 0 Å². The van der Waals surface area contributed by atoms with Gasteiger partial charge < -0.3 is 24.5 Å². The van der Waals surface area contributed by atoms with Gasteiger partial charge in [-0.1, -0.05) is 30.3 Å². The number of benzene rings is 3. The molecule has 0 saturated carbocycles. The van der Waals surface area contributed by atoms with Gasteiger partial charge in [0.15, 0.2) is 17.2 Å². The Kier molecular flexibility index (Phi) is 5.06. The summed E-state index contributed by atoms with van der Waals surface area (Å²) in [5, 5.41) is 11.2. The number of aromatic hydroxyl groups is 1. The summed E-state index contributed by atoms with van der Waals surface area (Å²) >= 11 is 0. The summed E-state index contributed by atoms with van der Waals surface area (Å²) in [6, 6.07) is 20.6. The van der Waals surface area contributed by atoms with Crippen molar-refractivity contribution in [2.75, 3.05) is 26.1 Å². The summed E-state index contributed by atoms with van der Waals surface area (Å²) in [5.74, 6) is 0.426. The Bertz CT molecular complexity index is 1260. The number of aromatic amines is 1. The first-order valence-corrected chi connectivity index (χ1v) is 9.45. The highest BCUT2D eigenvalue weighted by Crippen LogP contribution is 2.37. The molecule has 6 nitrogen and oxygen atoms in total. The van der Waals surface area contributed by atoms with Gasteiger partial charge in [0.1, 0.15) is 0 Å². The van der Waals surface area contributed by atoms with Crippen molar-refractivity contribution < 1.29 is 14.6 Å². The summed E-state index contributed by atoms with van der Waals surface area (Å²) in [4.78, 5) is 17.5. The van der Waals surface area contributed by atoms with Gasteiger partial charge in [-0.2, -0.15) is 0 Å². The molecule has 1 aromatic heterocycles. The van der Waals surface area contributed by atoms with E-state index in [0.29, 0.717) is 22.4 Å². The summed E-state index contributed by atoms with van der Waals surface area (Å²) in [5.41, 5.74) is 3.05. The number of anilines is 1. The topological polar surface area (TPSA) is 74.8 Å². The minimum Gasteiger partial charge on any atom is -0.504 e. The Hall–Kier alpha value is -3.93. The molecule has 2 N–H and O–H groups in total. The van der Waals surface area contributed by atoms with E-state index in [1.807, 2.05) is 55.4 Å². The predicted octanol–water partition coefficient (Wildman–Crippen LogP) is 4.77. The van der Waals surface area contributed by atoms with Crippen LogP contribution in [0.2, 0.25) is 0 Å². The molecule has 1 heterocycles. The average Bonchev–Trinajstić information content (AvgIpc) is 2.76. The van der Waals surface area contributed by atoms with Gasteiger partial charge in [-0.25, -0.2) is 0 Å². The molecule has 0 fully saturated rings. The Labute approximate surface area is 173 Å². The second-order valence-corrected chi connectivity index (χ2v) is 7.09. The van der Waals surface area contributed by atoms with Crippen molar-refractivity contribution in [2.45, 2.75) is 0 Å². The van der Waals surface area contributed by atoms with Crippen LogP contribution >= 0.6 is 0 Å². The summed E-state index contributed by atoms with van der Waals surface area (Å²) in [6.07, 6.45) is 0. The summed E-state index contributed by atoms with van der Waals surface area (Å²) in [6.45, 7) is 0. The highest BCUT2D eigenvalue weighted by Gasteiger charge is 2.16. The van der Waals surface area contributed by atoms with Gasteiger partial charge in [-0.05, 0) is 47.5 Å². The SMILES string of the molecule is COc1ccccc1Oc1c(O)c2ccc(-c3ccc(N(C)C)cc3)cc2[nH]c1=O. The maximum Gasteiger partial charge on any atom is 0.295 e. The maximum absolute atomic E-state index is 12.6. The molecular formula is C24H22N2O4. The fourth-order valence-electron chi connectivity index (χ4n) is 3.30. The van der Waals surface area contributed by atoms with Crippen LogP contribution in [-0.4, -0.2) is 31.3 Å². The van der Waals surface area contributed by atoms with Gasteiger partial charge in [0.25, 0.3) is 5.56 Å². The van der Waals surface area contributed by atoms with E-state index in [2.05, 4.69) is 4.98 Å². The van der Waals surface area contributed by atoms with Crippen LogP contribution < -0.4 is 19.9 Å². The molecule has 0 saturated heterocycles. The second kappa shape index (κ2) is 7.83. The second-order valence-electron chi connectivity index (χ2n) is 7.09. The Morgan fingerprint density at radius 3 is 2.23 bits per heavy atom. The Morgan fingerprint density at radius 2 is 1.57 bits per heavy atom. The van der Waals surface area contributed by atoms with E-state index >= 15 is 0 Å². The molecule has 0 aliphatic carbocycles. The van der Waals surface area contributed by atoms with Crippen molar-refractivity contribution in [3.8, 4) is 34.1 Å². The molecule has 0 spiro atoms. The lowest BCUT2D eigenvalue weighted by Gasteiger charge is -2.14. The first kappa shape index (κ1) is 19.4. The van der Waals surface area contributed by atoms with Gasteiger partial charge in [-0.15, -0.1) is 0 Å². The number of methoxy groups -OCH3 is 1. The molecule has 0 atom stereocenters. The number of ether oxygens (including phenoxy) is 2. The van der Waals surface area contributed by atoms with E-state index in [9.17, 15) is 9.90 Å². The largest absolute Gasteiger partial charge is 0.504 e. The van der Waals surface area contributed by atoms with E-state index in [-0.39, 0.29) is 11.5 Å². The van der Waals surface area contributed by atoms with Crippen LogP contribution in [0, 0.1) is 0 Å². The van der Waals surface area contributed by atoms with Gasteiger partial charge in [0.05, 0.1) is 12.6 Å². The number of nitrogens with one attached hydrogen (secondary N) is 1. The van der Waals surface area contributed by atoms with E-state index in [1.54, 1.807) is 30.3 Å². The highest BCUT2D eigenvalue weighted by atomic mass is 16.5. The van der Waals surface area contributed by atoms with Crippen LogP contribution in [0.5, 0.6) is 23.0 Å². The van der Waals surface area contributed by atoms with Crippen molar-refractivity contribution >= 4 is 16.6 Å². The fraction of sp³-hybridized carbons (Fsp3) is 0.125. The molecule has 0 radical (unpaired) electrons. The van der Waals surface area contributed by atoms with Crippen molar-refractivity contribution in [3.63, 3.8) is 0 Å². The Balaban J connectivity index is 1.75. The first-order valence-electron chi connectivity index (χ1n) is 9.45. The van der Waals surface area contributed by atoms with Crippen molar-refractivity contribution in [1.82, 2.24) is 4.98 Å². The third-order valence-corrected chi connectivity index (χ3v) is 4.94. The molecule has 30 heavy (non-hydrogen) atoms. The minimum atomic E-state index is -0.522. The third-order valence-electron chi connectivity index (χ3n) is 4.94. The number of pyridine rings is 1. The molecule has 3 aromatic carbocycles. The predicted molar refractivity (Wildman–Crippen MR) is 119 cm³/mol. The van der Waals surface area contributed by atoms with E-state index < -0.39 is 5.56 Å². The number of rotatable bonds is 5. The van der Waals surface area contributed by atoms with Gasteiger partial charge in [-0.3, -0.25) is 4.79 Å².